The predicted molar refractivity (Wildman–Crippen MR) is 85.8 cm³/mol. The molecule has 0 rings (SSSR count). The summed E-state index contributed by atoms with van der Waals surface area (Å²) in [6.07, 6.45) is 3.41. The van der Waals surface area contributed by atoms with E-state index in [4.69, 9.17) is 14.2 Å². The van der Waals surface area contributed by atoms with Gasteiger partial charge in [0.2, 0.25) is 0 Å². The van der Waals surface area contributed by atoms with Crippen molar-refractivity contribution >= 4 is 59.6 Å². The Hall–Kier alpha value is -0.660. The quantitative estimate of drug-likeness (QED) is 0.277. The molecule has 0 radical (unpaired) electrons. The van der Waals surface area contributed by atoms with Gasteiger partial charge in [0, 0.05) is 6.42 Å². The minimum Gasteiger partial charge on any atom is -0.490 e. The molecule has 0 atom stereocenters. The highest BCUT2D eigenvalue weighted by Crippen LogP contribution is 2.34. The fourth-order valence-electron chi connectivity index (χ4n) is 1.83. The number of rotatable bonds is 14. The molecular formula is C12H18O4S3. The first kappa shape index (κ1) is 18.3. The largest absolute Gasteiger partial charge is 0.490 e. The molecule has 0 aliphatic carbocycles. The lowest BCUT2D eigenvalue weighted by Crippen LogP contribution is -2.27. The maximum atomic E-state index is 10.9. The number of hydrogen-bond acceptors (Lipinski definition) is 7. The Morgan fingerprint density at radius 3 is 1.42 bits per heavy atom. The Balaban J connectivity index is 4.53. The standard InChI is InChI=1S/C12H18O4S3/c13-5-1-12(2-6-14-9-17,3-7-15-10-18)4-8-16-11-19/h5,9-11H,1-4,6-8H2. The highest BCUT2D eigenvalue weighted by molar-refractivity contribution is 7.79. The van der Waals surface area contributed by atoms with Crippen LogP contribution in [-0.2, 0) is 19.0 Å². The third-order valence-electron chi connectivity index (χ3n) is 2.97. The maximum absolute atomic E-state index is 10.9. The lowest BCUT2D eigenvalue weighted by atomic mass is 9.76. The minimum atomic E-state index is -0.239. The van der Waals surface area contributed by atoms with Crippen LogP contribution in [0.2, 0.25) is 0 Å². The van der Waals surface area contributed by atoms with Gasteiger partial charge in [-0.1, -0.05) is 0 Å². The Labute approximate surface area is 129 Å². The molecule has 0 bridgehead atoms. The third-order valence-corrected chi connectivity index (χ3v) is 3.38. The van der Waals surface area contributed by atoms with Crippen molar-refractivity contribution in [3.8, 4) is 0 Å². The fraction of sp³-hybridized carbons (Fsp3) is 0.667. The van der Waals surface area contributed by atoms with E-state index in [1.165, 1.54) is 16.7 Å². The van der Waals surface area contributed by atoms with Crippen molar-refractivity contribution in [2.75, 3.05) is 19.8 Å². The molecule has 108 valence electrons. The summed E-state index contributed by atoms with van der Waals surface area (Å²) in [4.78, 5) is 10.9. The molecule has 0 aliphatic heterocycles. The van der Waals surface area contributed by atoms with Gasteiger partial charge in [0.05, 0.1) is 19.8 Å². The summed E-state index contributed by atoms with van der Waals surface area (Å²) in [6.45, 7) is 1.39. The Kier molecular flexibility index (Phi) is 11.9. The second-order valence-electron chi connectivity index (χ2n) is 4.02. The van der Waals surface area contributed by atoms with Gasteiger partial charge >= 0.3 is 0 Å². The van der Waals surface area contributed by atoms with E-state index >= 15 is 0 Å². The van der Waals surface area contributed by atoms with Crippen LogP contribution in [0.4, 0.5) is 0 Å². The van der Waals surface area contributed by atoms with Crippen LogP contribution in [0, 0.1) is 5.41 Å². The molecule has 0 amide bonds. The first-order chi connectivity index (χ1) is 9.24. The van der Waals surface area contributed by atoms with E-state index in [0.717, 1.165) is 6.29 Å². The Bertz CT molecular complexity index is 248. The number of aldehydes is 1. The normalized spacial score (nSPS) is 10.3. The monoisotopic (exact) mass is 322 g/mol. The smallest absolute Gasteiger partial charge is 0.146 e. The van der Waals surface area contributed by atoms with E-state index < -0.39 is 0 Å². The topological polar surface area (TPSA) is 44.8 Å². The second kappa shape index (κ2) is 12.4. The van der Waals surface area contributed by atoms with Crippen LogP contribution in [0.1, 0.15) is 25.7 Å². The van der Waals surface area contributed by atoms with Gasteiger partial charge in [-0.25, -0.2) is 0 Å². The molecule has 4 nitrogen and oxygen atoms in total. The lowest BCUT2D eigenvalue weighted by Gasteiger charge is -2.31. The lowest BCUT2D eigenvalue weighted by molar-refractivity contribution is -0.110. The first-order valence-electron chi connectivity index (χ1n) is 5.84. The maximum Gasteiger partial charge on any atom is 0.146 e. The summed E-state index contributed by atoms with van der Waals surface area (Å²) in [5, 5.41) is 0. The van der Waals surface area contributed by atoms with Gasteiger partial charge in [0.1, 0.15) is 22.9 Å². The van der Waals surface area contributed by atoms with Gasteiger partial charge < -0.3 is 19.0 Å². The minimum absolute atomic E-state index is 0.239. The van der Waals surface area contributed by atoms with E-state index in [1.54, 1.807) is 0 Å². The molecule has 19 heavy (non-hydrogen) atoms. The summed E-state index contributed by atoms with van der Waals surface area (Å²) < 4.78 is 15.3. The zero-order chi connectivity index (χ0) is 14.4. The number of hydrogen-bond donors (Lipinski definition) is 0. The number of ether oxygens (including phenoxy) is 3. The van der Waals surface area contributed by atoms with E-state index in [-0.39, 0.29) is 5.41 Å². The second-order valence-corrected chi connectivity index (χ2v) is 4.60. The van der Waals surface area contributed by atoms with E-state index in [9.17, 15) is 4.79 Å². The summed E-state index contributed by atoms with van der Waals surface area (Å²) in [7, 11) is 0. The predicted octanol–water partition coefficient (Wildman–Crippen LogP) is 2.65. The molecule has 0 saturated heterocycles. The SMILES string of the molecule is O=CCC(CCOC=S)(CCOC=S)CCOC=S. The van der Waals surface area contributed by atoms with Gasteiger partial charge in [-0.15, -0.1) is 0 Å². The molecule has 0 heterocycles. The zero-order valence-electron chi connectivity index (χ0n) is 10.6. The van der Waals surface area contributed by atoms with Crippen LogP contribution < -0.4 is 0 Å². The van der Waals surface area contributed by atoms with Crippen LogP contribution in [0.25, 0.3) is 0 Å². The van der Waals surface area contributed by atoms with Crippen molar-refractivity contribution in [1.82, 2.24) is 0 Å². The molecule has 0 saturated carbocycles. The summed E-state index contributed by atoms with van der Waals surface area (Å²) in [5.41, 5.74) is 3.45. The summed E-state index contributed by atoms with van der Waals surface area (Å²) in [5.74, 6) is 0. The van der Waals surface area contributed by atoms with Crippen molar-refractivity contribution in [3.63, 3.8) is 0 Å². The number of thiocarbonyl (C=S) groups is 3. The van der Waals surface area contributed by atoms with Crippen molar-refractivity contribution in [2.45, 2.75) is 25.7 Å². The van der Waals surface area contributed by atoms with Crippen LogP contribution in [0.15, 0.2) is 0 Å². The van der Waals surface area contributed by atoms with Gasteiger partial charge in [-0.05, 0) is 61.3 Å². The highest BCUT2D eigenvalue weighted by Gasteiger charge is 2.29. The molecular weight excluding hydrogens is 304 g/mol. The molecule has 0 aromatic heterocycles. The average Bonchev–Trinajstić information content (AvgIpc) is 2.40. The van der Waals surface area contributed by atoms with Crippen molar-refractivity contribution < 1.29 is 19.0 Å². The van der Waals surface area contributed by atoms with Gasteiger partial charge in [-0.3, -0.25) is 0 Å². The van der Waals surface area contributed by atoms with Gasteiger partial charge in [-0.2, -0.15) is 0 Å². The van der Waals surface area contributed by atoms with Crippen LogP contribution in [0.5, 0.6) is 0 Å². The Morgan fingerprint density at radius 2 is 1.16 bits per heavy atom. The molecule has 0 aliphatic rings. The number of carbonyl (C=O) groups is 1. The molecule has 0 fully saturated rings. The highest BCUT2D eigenvalue weighted by atomic mass is 32.1. The fourth-order valence-corrected chi connectivity index (χ4v) is 2.12. The molecule has 7 heteroatoms. The van der Waals surface area contributed by atoms with Crippen molar-refractivity contribution in [2.24, 2.45) is 5.41 Å². The van der Waals surface area contributed by atoms with E-state index in [0.29, 0.717) is 45.5 Å². The molecule has 0 spiro atoms. The van der Waals surface area contributed by atoms with E-state index in [1.807, 2.05) is 0 Å². The van der Waals surface area contributed by atoms with Crippen LogP contribution >= 0.6 is 36.7 Å². The van der Waals surface area contributed by atoms with Gasteiger partial charge in [0.25, 0.3) is 0 Å². The molecule has 0 N–H and O–H groups in total. The van der Waals surface area contributed by atoms with Crippen molar-refractivity contribution in [3.05, 3.63) is 0 Å². The molecule has 0 aromatic carbocycles. The van der Waals surface area contributed by atoms with Gasteiger partial charge in [0.15, 0.2) is 0 Å². The third kappa shape index (κ3) is 8.96. The van der Waals surface area contributed by atoms with E-state index in [2.05, 4.69) is 36.7 Å². The summed E-state index contributed by atoms with van der Waals surface area (Å²) >= 11 is 13.8. The molecule has 0 unspecified atom stereocenters. The van der Waals surface area contributed by atoms with Crippen molar-refractivity contribution in [1.29, 1.82) is 0 Å². The Morgan fingerprint density at radius 1 is 0.789 bits per heavy atom. The average molecular weight is 322 g/mol. The summed E-state index contributed by atoms with van der Waals surface area (Å²) in [6, 6.07) is 0. The zero-order valence-corrected chi connectivity index (χ0v) is 13.1. The van der Waals surface area contributed by atoms with Crippen LogP contribution in [-0.4, -0.2) is 42.8 Å². The van der Waals surface area contributed by atoms with Crippen LogP contribution in [0.3, 0.4) is 0 Å². The number of carbonyl (C=O) groups excluding carboxylic acids is 1. The molecule has 0 aromatic rings. The first-order valence-corrected chi connectivity index (χ1v) is 7.25.